The highest BCUT2D eigenvalue weighted by Gasteiger charge is 2.37. The maximum atomic E-state index is 13.7. The molecule has 0 saturated carbocycles. The third kappa shape index (κ3) is 15.6. The Labute approximate surface area is 438 Å². The summed E-state index contributed by atoms with van der Waals surface area (Å²) in [5, 5.41) is 67.8. The lowest BCUT2D eigenvalue weighted by atomic mass is 9.94. The number of benzene rings is 3. The molecule has 3 fully saturated rings. The number of aromatic hydroxyl groups is 2. The van der Waals surface area contributed by atoms with Crippen LogP contribution >= 0.6 is 0 Å². The van der Waals surface area contributed by atoms with Crippen molar-refractivity contribution in [2.45, 2.75) is 209 Å². The summed E-state index contributed by atoms with van der Waals surface area (Å²) >= 11 is 0. The number of hydrogen-bond donors (Lipinski definition) is 7. The fraction of sp³-hybridized carbons (Fsp3) is 0.569. The number of imide groups is 1. The number of phenols is 2. The van der Waals surface area contributed by atoms with Gasteiger partial charge in [0.15, 0.2) is 18.9 Å². The third-order valence-corrected chi connectivity index (χ3v) is 14.9. The van der Waals surface area contributed by atoms with Crippen molar-refractivity contribution in [1.29, 1.82) is 0 Å². The van der Waals surface area contributed by atoms with Gasteiger partial charge in [-0.1, -0.05) is 61.5 Å². The van der Waals surface area contributed by atoms with Crippen LogP contribution in [0.3, 0.4) is 0 Å². The number of fused-ring (bicyclic) bond motifs is 1. The smallest absolute Gasteiger partial charge is 0.338 e. The molecule has 17 heteroatoms. The van der Waals surface area contributed by atoms with Gasteiger partial charge in [-0.3, -0.25) is 14.9 Å². The molecule has 3 saturated heterocycles. The van der Waals surface area contributed by atoms with Gasteiger partial charge in [0.05, 0.1) is 77.7 Å². The molecule has 4 aliphatic heterocycles. The second-order valence-electron chi connectivity index (χ2n) is 20.8. The van der Waals surface area contributed by atoms with Gasteiger partial charge in [0, 0.05) is 36.0 Å². The first-order valence-corrected chi connectivity index (χ1v) is 27.0. The van der Waals surface area contributed by atoms with E-state index in [-0.39, 0.29) is 77.7 Å². The second-order valence-corrected chi connectivity index (χ2v) is 20.8. The van der Waals surface area contributed by atoms with Gasteiger partial charge < -0.3 is 63.8 Å². The lowest BCUT2D eigenvalue weighted by Crippen LogP contribution is -2.42. The van der Waals surface area contributed by atoms with Crippen molar-refractivity contribution in [2.75, 3.05) is 0 Å². The van der Waals surface area contributed by atoms with Gasteiger partial charge in [0.25, 0.3) is 11.8 Å². The van der Waals surface area contributed by atoms with E-state index in [1.54, 1.807) is 36.4 Å². The number of carbonyl (C=O) groups is 3. The van der Waals surface area contributed by atoms with E-state index in [0.29, 0.717) is 107 Å². The van der Waals surface area contributed by atoms with Crippen LogP contribution in [0.2, 0.25) is 0 Å². The number of esters is 1. The first-order chi connectivity index (χ1) is 36.2. The molecular formula is C58H75NO16. The zero-order valence-electron chi connectivity index (χ0n) is 43.0. The average Bonchev–Trinajstić information content (AvgIpc) is 3.67. The third-order valence-electron chi connectivity index (χ3n) is 14.9. The molecule has 0 aromatic heterocycles. The molecule has 7 N–H and O–H groups in total. The fourth-order valence-corrected chi connectivity index (χ4v) is 10.9. The largest absolute Gasteiger partial charge is 0.507 e. The first kappa shape index (κ1) is 56.2. The van der Waals surface area contributed by atoms with E-state index in [2.05, 4.69) is 5.32 Å². The number of ether oxygens (including phenoxy) is 7. The zero-order valence-corrected chi connectivity index (χ0v) is 43.0. The number of nitrogens with one attached hydrogen (secondary N) is 1. The maximum Gasteiger partial charge on any atom is 0.338 e. The molecule has 5 aliphatic rings. The van der Waals surface area contributed by atoms with Crippen LogP contribution in [0, 0.1) is 0 Å². The average molecular weight is 1040 g/mol. The number of carbonyl (C=O) groups excluding carboxylic acids is 3. The van der Waals surface area contributed by atoms with Gasteiger partial charge in [-0.2, -0.15) is 0 Å². The lowest BCUT2D eigenvalue weighted by molar-refractivity contribution is -0.250. The normalized spacial score (nSPS) is 28.4. The van der Waals surface area contributed by atoms with Gasteiger partial charge in [0.2, 0.25) is 0 Å². The van der Waals surface area contributed by atoms with Crippen LogP contribution in [0.4, 0.5) is 0 Å². The maximum absolute atomic E-state index is 13.7. The highest BCUT2D eigenvalue weighted by molar-refractivity contribution is 6.22. The molecule has 0 bridgehead atoms. The molecule has 75 heavy (non-hydrogen) atoms. The van der Waals surface area contributed by atoms with E-state index >= 15 is 0 Å². The summed E-state index contributed by atoms with van der Waals surface area (Å²) in [4.78, 5) is 38.4. The molecule has 3 aromatic carbocycles. The van der Waals surface area contributed by atoms with E-state index in [1.165, 1.54) is 18.2 Å². The summed E-state index contributed by atoms with van der Waals surface area (Å²) in [7, 11) is 0. The minimum absolute atomic E-state index is 0.0249. The Morgan fingerprint density at radius 1 is 0.667 bits per heavy atom. The Bertz CT molecular complexity index is 2440. The van der Waals surface area contributed by atoms with Crippen LogP contribution in [-0.2, 0) is 33.2 Å². The fourth-order valence-electron chi connectivity index (χ4n) is 10.9. The van der Waals surface area contributed by atoms with E-state index in [9.17, 15) is 45.0 Å². The number of allylic oxidation sites excluding steroid dienone is 2. The Hall–Kier alpha value is -5.05. The molecule has 3 aromatic rings. The molecule has 17 nitrogen and oxygen atoms in total. The van der Waals surface area contributed by atoms with Crippen molar-refractivity contribution in [3.63, 3.8) is 0 Å². The number of aliphatic hydroxyl groups excluding tert-OH is 4. The van der Waals surface area contributed by atoms with Crippen molar-refractivity contribution in [1.82, 2.24) is 5.32 Å². The first-order valence-electron chi connectivity index (χ1n) is 27.0. The molecule has 1 aliphatic carbocycles. The van der Waals surface area contributed by atoms with E-state index in [4.69, 9.17) is 33.2 Å². The summed E-state index contributed by atoms with van der Waals surface area (Å²) < 4.78 is 43.6. The Balaban J connectivity index is 0.861. The lowest BCUT2D eigenvalue weighted by Gasteiger charge is -2.38. The summed E-state index contributed by atoms with van der Waals surface area (Å²) in [6, 6.07) is 18.0. The molecule has 4 heterocycles. The SMILES string of the molecule is CCC1CC(CCCC(O)CC(O)CC(CCCC2CC(CCCC(O)CC3CC(C)OC(c4ccccc4O)O3)OC(C3=CC=CCC3O)O2)OC(=O)c2ccc3c(c2)C(=O)NC3=O)OC(c2ccccc2O)O1. The van der Waals surface area contributed by atoms with Crippen molar-refractivity contribution in [3.05, 3.63) is 118 Å². The number of rotatable bonds is 24. The summed E-state index contributed by atoms with van der Waals surface area (Å²) in [6.07, 6.45) is 6.31. The highest BCUT2D eigenvalue weighted by Crippen LogP contribution is 2.39. The second kappa shape index (κ2) is 26.8. The minimum Gasteiger partial charge on any atom is -0.507 e. The molecule has 14 unspecified atom stereocenters. The number of phenolic OH excluding ortho intramolecular Hbond substituents is 2. The quantitative estimate of drug-likeness (QED) is 0.0330. The van der Waals surface area contributed by atoms with Gasteiger partial charge >= 0.3 is 5.97 Å². The molecule has 0 radical (unpaired) electrons. The molecule has 8 rings (SSSR count). The van der Waals surface area contributed by atoms with Crippen LogP contribution in [0.15, 0.2) is 90.5 Å². The standard InChI is InChI=1S/C58H75NO16/c1-3-39-32-41(72-57(71-39)47-20-5-8-23-51(47)64)15-10-13-36(60)29-38(62)31-40(70-55(68)35-25-26-45-49(28-35)54(67)59-53(45)66)17-12-18-43-33-42(73-58(74-43)48-21-6-9-24-52(48)65)16-11-14-37(61)30-44-27-34(2)69-56(75-44)46-19-4-7-22-50(46)63/h4-9,19-23,25-26,28,34,36-44,52,56-58,60-65H,3,10-18,24,27,29-33H2,1-2H3,(H,59,66,67). The van der Waals surface area contributed by atoms with E-state index in [0.717, 1.165) is 6.42 Å². The van der Waals surface area contributed by atoms with Crippen LogP contribution in [0.1, 0.15) is 178 Å². The molecular weight excluding hydrogens is 967 g/mol. The predicted molar refractivity (Wildman–Crippen MR) is 273 cm³/mol. The Morgan fingerprint density at radius 3 is 1.89 bits per heavy atom. The van der Waals surface area contributed by atoms with Crippen molar-refractivity contribution < 1.29 is 78.2 Å². The Kier molecular flexibility index (Phi) is 20.1. The number of aliphatic hydroxyl groups is 4. The van der Waals surface area contributed by atoms with Crippen molar-refractivity contribution >= 4 is 17.8 Å². The van der Waals surface area contributed by atoms with Gasteiger partial charge in [-0.15, -0.1) is 0 Å². The van der Waals surface area contributed by atoms with Gasteiger partial charge in [-0.05, 0) is 127 Å². The number of amides is 2. The molecule has 14 atom stereocenters. The van der Waals surface area contributed by atoms with Crippen LogP contribution in [-0.4, -0.2) is 122 Å². The number of para-hydroxylation sites is 2. The van der Waals surface area contributed by atoms with Crippen molar-refractivity contribution in [2.24, 2.45) is 0 Å². The van der Waals surface area contributed by atoms with Gasteiger partial charge in [0.1, 0.15) is 17.6 Å². The Morgan fingerprint density at radius 2 is 1.24 bits per heavy atom. The van der Waals surface area contributed by atoms with Crippen LogP contribution in [0.25, 0.3) is 0 Å². The van der Waals surface area contributed by atoms with Crippen LogP contribution in [0.5, 0.6) is 11.5 Å². The summed E-state index contributed by atoms with van der Waals surface area (Å²) in [6.45, 7) is 3.99. The van der Waals surface area contributed by atoms with Crippen molar-refractivity contribution in [3.8, 4) is 11.5 Å². The topological polar surface area (TPSA) is 249 Å². The zero-order chi connectivity index (χ0) is 53.0. The van der Waals surface area contributed by atoms with Gasteiger partial charge in [-0.25, -0.2) is 4.79 Å². The molecule has 408 valence electrons. The van der Waals surface area contributed by atoms with E-state index < -0.39 is 67.2 Å². The predicted octanol–water partition coefficient (Wildman–Crippen LogP) is 8.19. The minimum atomic E-state index is -1.04. The van der Waals surface area contributed by atoms with E-state index in [1.807, 2.05) is 44.2 Å². The summed E-state index contributed by atoms with van der Waals surface area (Å²) in [5.74, 6) is -1.69. The highest BCUT2D eigenvalue weighted by atomic mass is 16.7. The monoisotopic (exact) mass is 1040 g/mol. The summed E-state index contributed by atoms with van der Waals surface area (Å²) in [5.41, 5.74) is 2.05. The van der Waals surface area contributed by atoms with Crippen LogP contribution < -0.4 is 5.32 Å². The molecule has 0 spiro atoms. The number of hydrogen-bond acceptors (Lipinski definition) is 16. The molecule has 2 amide bonds.